The Hall–Kier alpha value is -1.28. The summed E-state index contributed by atoms with van der Waals surface area (Å²) in [6.45, 7) is 1.87. The van der Waals surface area contributed by atoms with Gasteiger partial charge in [0.1, 0.15) is 5.75 Å². The van der Waals surface area contributed by atoms with E-state index in [2.05, 4.69) is 6.08 Å². The van der Waals surface area contributed by atoms with E-state index < -0.39 is 17.9 Å². The highest BCUT2D eigenvalue weighted by Gasteiger charge is 2.51. The van der Waals surface area contributed by atoms with Gasteiger partial charge in [-0.1, -0.05) is 24.6 Å². The molecule has 20 heavy (non-hydrogen) atoms. The molecule has 0 heterocycles. The number of aromatic hydroxyl groups is 1. The quantitative estimate of drug-likeness (QED) is 0.710. The molecule has 2 fully saturated rings. The fraction of sp³-hybridized carbons (Fsp3) is 0.556. The van der Waals surface area contributed by atoms with Crippen LogP contribution in [-0.2, 0) is 6.42 Å². The van der Waals surface area contributed by atoms with Crippen LogP contribution >= 0.6 is 0 Å². The van der Waals surface area contributed by atoms with Gasteiger partial charge in [0.05, 0.1) is 7.45 Å². The summed E-state index contributed by atoms with van der Waals surface area (Å²) in [6.07, 6.45) is 0.587. The molecule has 2 N–H and O–H groups in total. The predicted molar refractivity (Wildman–Crippen MR) is 78.7 cm³/mol. The number of benzene rings is 1. The van der Waals surface area contributed by atoms with Gasteiger partial charge in [-0.15, -0.1) is 0 Å². The molecule has 3 aliphatic carbocycles. The SMILES string of the molecule is [2H]C1([2H])CC2C3=CCc4cc(O)ccc4C3CCC2(C)C1([2H])O. The van der Waals surface area contributed by atoms with Crippen molar-refractivity contribution in [3.8, 4) is 5.75 Å². The van der Waals surface area contributed by atoms with Crippen molar-refractivity contribution in [1.82, 2.24) is 0 Å². The van der Waals surface area contributed by atoms with Crippen LogP contribution in [0.1, 0.15) is 53.7 Å². The first-order valence-electron chi connectivity index (χ1n) is 8.91. The van der Waals surface area contributed by atoms with Gasteiger partial charge in [-0.05, 0) is 61.2 Å². The number of hydrogen-bond acceptors (Lipinski definition) is 2. The lowest BCUT2D eigenvalue weighted by atomic mass is 9.59. The van der Waals surface area contributed by atoms with E-state index in [1.807, 2.05) is 19.1 Å². The molecule has 0 amide bonds. The van der Waals surface area contributed by atoms with Gasteiger partial charge in [0.25, 0.3) is 0 Å². The minimum Gasteiger partial charge on any atom is -0.508 e. The summed E-state index contributed by atoms with van der Waals surface area (Å²) in [5.41, 5.74) is 2.78. The van der Waals surface area contributed by atoms with Gasteiger partial charge < -0.3 is 10.2 Å². The van der Waals surface area contributed by atoms with Crippen LogP contribution in [0.3, 0.4) is 0 Å². The molecular weight excluding hydrogens is 248 g/mol. The molecular formula is C18H22O2. The molecule has 2 nitrogen and oxygen atoms in total. The van der Waals surface area contributed by atoms with Crippen LogP contribution in [-0.4, -0.2) is 16.3 Å². The van der Waals surface area contributed by atoms with Crippen molar-refractivity contribution in [2.24, 2.45) is 11.3 Å². The fourth-order valence-corrected chi connectivity index (χ4v) is 4.38. The van der Waals surface area contributed by atoms with Crippen LogP contribution in [0.25, 0.3) is 0 Å². The number of phenols is 1. The summed E-state index contributed by atoms with van der Waals surface area (Å²) in [7, 11) is 0. The molecule has 0 bridgehead atoms. The van der Waals surface area contributed by atoms with Crippen LogP contribution in [0, 0.1) is 11.3 Å². The van der Waals surface area contributed by atoms with E-state index in [1.165, 1.54) is 11.1 Å². The third kappa shape index (κ3) is 1.54. The van der Waals surface area contributed by atoms with E-state index in [0.717, 1.165) is 18.4 Å². The van der Waals surface area contributed by atoms with Crippen LogP contribution in [0.4, 0.5) is 0 Å². The molecule has 1 aromatic carbocycles. The van der Waals surface area contributed by atoms with Crippen molar-refractivity contribution in [2.45, 2.75) is 51.0 Å². The summed E-state index contributed by atoms with van der Waals surface area (Å²) in [6, 6.07) is 5.50. The number of allylic oxidation sites excluding steroid dienone is 2. The molecule has 1 aromatic rings. The van der Waals surface area contributed by atoms with E-state index in [4.69, 9.17) is 4.11 Å². The fourth-order valence-electron chi connectivity index (χ4n) is 4.38. The van der Waals surface area contributed by atoms with Crippen LogP contribution in [0.15, 0.2) is 29.8 Å². The van der Waals surface area contributed by atoms with E-state index in [-0.39, 0.29) is 24.0 Å². The molecule has 0 radical (unpaired) electrons. The van der Waals surface area contributed by atoms with Crippen LogP contribution in [0.5, 0.6) is 5.75 Å². The predicted octanol–water partition coefficient (Wildman–Crippen LogP) is 3.53. The molecule has 2 heteroatoms. The van der Waals surface area contributed by atoms with E-state index in [1.54, 1.807) is 6.07 Å². The monoisotopic (exact) mass is 273 g/mol. The first-order chi connectivity index (χ1) is 10.7. The zero-order chi connectivity index (χ0) is 16.6. The molecule has 4 atom stereocenters. The summed E-state index contributed by atoms with van der Waals surface area (Å²) < 4.78 is 24.6. The minimum atomic E-state index is -2.05. The van der Waals surface area contributed by atoms with Crippen LogP contribution in [0.2, 0.25) is 0 Å². The summed E-state index contributed by atoms with van der Waals surface area (Å²) in [5.74, 6) is 0.404. The molecule has 0 aromatic heterocycles. The number of phenolic OH excluding ortho intramolecular Hbond substituents is 1. The van der Waals surface area contributed by atoms with Gasteiger partial charge in [0, 0.05) is 14.1 Å². The maximum atomic E-state index is 10.6. The molecule has 0 aliphatic heterocycles. The van der Waals surface area contributed by atoms with Crippen molar-refractivity contribution in [1.29, 1.82) is 0 Å². The van der Waals surface area contributed by atoms with Gasteiger partial charge in [0.15, 0.2) is 0 Å². The normalized spacial score (nSPS) is 47.1. The first kappa shape index (κ1) is 9.62. The van der Waals surface area contributed by atoms with E-state index in [9.17, 15) is 10.2 Å². The topological polar surface area (TPSA) is 40.5 Å². The van der Waals surface area contributed by atoms with Crippen molar-refractivity contribution < 1.29 is 14.3 Å². The maximum absolute atomic E-state index is 10.6. The average molecular weight is 273 g/mol. The zero-order valence-electron chi connectivity index (χ0n) is 14.7. The molecule has 2 saturated carbocycles. The maximum Gasteiger partial charge on any atom is 0.115 e. The molecule has 0 saturated heterocycles. The van der Waals surface area contributed by atoms with Crippen molar-refractivity contribution in [3.05, 3.63) is 41.0 Å². The Morgan fingerprint density at radius 3 is 3.10 bits per heavy atom. The summed E-state index contributed by atoms with van der Waals surface area (Å²) >= 11 is 0. The number of rotatable bonds is 0. The third-order valence-electron chi connectivity index (χ3n) is 5.60. The smallest absolute Gasteiger partial charge is 0.115 e. The lowest BCUT2D eigenvalue weighted by Gasteiger charge is -2.46. The standard InChI is InChI=1S/C18H22O2/c1-18-9-8-14-13-5-3-12(19)10-11(13)2-4-15(14)16(18)6-7-17(18)20/h3-5,10,14,16-17,19-20H,2,6-9H2,1H3/i7D2,17D. The Labute approximate surface area is 124 Å². The number of hydrogen-bond donors (Lipinski definition) is 2. The highest BCUT2D eigenvalue weighted by atomic mass is 16.3. The Kier molecular flexibility index (Phi) is 1.98. The van der Waals surface area contributed by atoms with Crippen molar-refractivity contribution >= 4 is 0 Å². The van der Waals surface area contributed by atoms with E-state index in [0.29, 0.717) is 6.42 Å². The second kappa shape index (κ2) is 4.11. The Morgan fingerprint density at radius 2 is 2.25 bits per heavy atom. The van der Waals surface area contributed by atoms with Crippen molar-refractivity contribution in [2.75, 3.05) is 0 Å². The molecule has 0 spiro atoms. The lowest BCUT2D eigenvalue weighted by molar-refractivity contribution is 0.0267. The van der Waals surface area contributed by atoms with Gasteiger partial charge >= 0.3 is 0 Å². The summed E-state index contributed by atoms with van der Waals surface area (Å²) in [4.78, 5) is 0. The second-order valence-corrected chi connectivity index (χ2v) is 6.58. The highest BCUT2D eigenvalue weighted by Crippen LogP contribution is 2.59. The third-order valence-corrected chi connectivity index (χ3v) is 5.60. The Balaban J connectivity index is 1.79. The van der Waals surface area contributed by atoms with Gasteiger partial charge in [-0.3, -0.25) is 0 Å². The molecule has 4 rings (SSSR count). The minimum absolute atomic E-state index is 0.0966. The average Bonchev–Trinajstić information content (AvgIpc) is 2.62. The van der Waals surface area contributed by atoms with Crippen molar-refractivity contribution in [3.63, 3.8) is 0 Å². The van der Waals surface area contributed by atoms with Gasteiger partial charge in [0.2, 0.25) is 0 Å². The summed E-state index contributed by atoms with van der Waals surface area (Å²) in [5, 5.41) is 20.3. The van der Waals surface area contributed by atoms with Gasteiger partial charge in [-0.25, -0.2) is 0 Å². The lowest BCUT2D eigenvalue weighted by Crippen LogP contribution is -2.39. The highest BCUT2D eigenvalue weighted by molar-refractivity contribution is 5.47. The first-order valence-corrected chi connectivity index (χ1v) is 7.41. The molecule has 106 valence electrons. The Bertz CT molecular complexity index is 710. The number of fused-ring (bicyclic) bond motifs is 5. The van der Waals surface area contributed by atoms with Gasteiger partial charge in [-0.2, -0.15) is 0 Å². The van der Waals surface area contributed by atoms with E-state index >= 15 is 0 Å². The Morgan fingerprint density at radius 1 is 1.40 bits per heavy atom. The zero-order valence-corrected chi connectivity index (χ0v) is 11.7. The number of aliphatic hydroxyl groups is 1. The molecule has 3 aliphatic rings. The largest absolute Gasteiger partial charge is 0.508 e. The molecule has 4 unspecified atom stereocenters. The van der Waals surface area contributed by atoms with Crippen LogP contribution < -0.4 is 0 Å². The second-order valence-electron chi connectivity index (χ2n) is 6.58.